The van der Waals surface area contributed by atoms with Gasteiger partial charge in [-0.1, -0.05) is 48.5 Å². The summed E-state index contributed by atoms with van der Waals surface area (Å²) in [5.41, 5.74) is 1.43. The SMILES string of the molecule is OCCC1(CNCc2c3ccccc3cc3ccccc23)CCOC1. The van der Waals surface area contributed by atoms with Crippen molar-refractivity contribution in [3.05, 3.63) is 60.2 Å². The molecule has 0 saturated carbocycles. The molecule has 0 aromatic heterocycles. The van der Waals surface area contributed by atoms with Crippen LogP contribution in [0, 0.1) is 5.41 Å². The highest BCUT2D eigenvalue weighted by molar-refractivity contribution is 6.02. The Morgan fingerprint density at radius 3 is 2.28 bits per heavy atom. The first-order valence-electron chi connectivity index (χ1n) is 9.10. The van der Waals surface area contributed by atoms with E-state index >= 15 is 0 Å². The number of benzene rings is 3. The van der Waals surface area contributed by atoms with E-state index in [-0.39, 0.29) is 12.0 Å². The van der Waals surface area contributed by atoms with Gasteiger partial charge in [0, 0.05) is 31.7 Å². The molecule has 0 aliphatic carbocycles. The molecule has 4 rings (SSSR count). The van der Waals surface area contributed by atoms with Crippen molar-refractivity contribution in [2.45, 2.75) is 19.4 Å². The van der Waals surface area contributed by atoms with E-state index in [9.17, 15) is 5.11 Å². The van der Waals surface area contributed by atoms with Gasteiger partial charge in [0.2, 0.25) is 0 Å². The molecular formula is C22H25NO2. The fourth-order valence-corrected chi connectivity index (χ4v) is 4.06. The lowest BCUT2D eigenvalue weighted by Crippen LogP contribution is -2.35. The Morgan fingerprint density at radius 1 is 1.00 bits per heavy atom. The molecule has 3 aromatic carbocycles. The van der Waals surface area contributed by atoms with Gasteiger partial charge in [-0.15, -0.1) is 0 Å². The van der Waals surface area contributed by atoms with Gasteiger partial charge in [0.25, 0.3) is 0 Å². The first-order valence-corrected chi connectivity index (χ1v) is 9.10. The molecule has 1 aliphatic rings. The number of rotatable bonds is 6. The molecule has 1 saturated heterocycles. The maximum atomic E-state index is 9.41. The first kappa shape index (κ1) is 16.5. The van der Waals surface area contributed by atoms with E-state index in [0.717, 1.165) is 39.1 Å². The lowest BCUT2D eigenvalue weighted by Gasteiger charge is -2.27. The molecule has 1 aliphatic heterocycles. The van der Waals surface area contributed by atoms with Crippen molar-refractivity contribution in [3.8, 4) is 0 Å². The second kappa shape index (κ2) is 7.12. The third-order valence-corrected chi connectivity index (χ3v) is 5.51. The monoisotopic (exact) mass is 335 g/mol. The van der Waals surface area contributed by atoms with Gasteiger partial charge in [0.05, 0.1) is 6.61 Å². The molecule has 0 spiro atoms. The second-order valence-corrected chi connectivity index (χ2v) is 7.18. The van der Waals surface area contributed by atoms with Crippen LogP contribution in [-0.2, 0) is 11.3 Å². The third kappa shape index (κ3) is 3.28. The Bertz CT molecular complexity index is 814. The van der Waals surface area contributed by atoms with E-state index in [0.29, 0.717) is 0 Å². The van der Waals surface area contributed by atoms with E-state index in [1.807, 2.05) is 0 Å². The fraction of sp³-hybridized carbons (Fsp3) is 0.364. The molecular weight excluding hydrogens is 310 g/mol. The minimum atomic E-state index is 0.0785. The van der Waals surface area contributed by atoms with Crippen molar-refractivity contribution in [1.29, 1.82) is 0 Å². The van der Waals surface area contributed by atoms with Gasteiger partial charge in [-0.25, -0.2) is 0 Å². The predicted octanol–water partition coefficient (Wildman–Crippen LogP) is 3.87. The van der Waals surface area contributed by atoms with Gasteiger partial charge in [-0.05, 0) is 46.0 Å². The summed E-state index contributed by atoms with van der Waals surface area (Å²) < 4.78 is 5.61. The number of fused-ring (bicyclic) bond motifs is 2. The van der Waals surface area contributed by atoms with Gasteiger partial charge < -0.3 is 15.2 Å². The van der Waals surface area contributed by atoms with Crippen molar-refractivity contribution >= 4 is 21.5 Å². The van der Waals surface area contributed by atoms with E-state index in [1.54, 1.807) is 0 Å². The summed E-state index contributed by atoms with van der Waals surface area (Å²) in [6.45, 7) is 3.48. The van der Waals surface area contributed by atoms with E-state index in [1.165, 1.54) is 27.1 Å². The zero-order valence-corrected chi connectivity index (χ0v) is 14.5. The van der Waals surface area contributed by atoms with Crippen molar-refractivity contribution in [3.63, 3.8) is 0 Å². The third-order valence-electron chi connectivity index (χ3n) is 5.51. The average molecular weight is 335 g/mol. The van der Waals surface area contributed by atoms with Crippen LogP contribution in [0.3, 0.4) is 0 Å². The highest BCUT2D eigenvalue weighted by atomic mass is 16.5. The number of nitrogens with one attached hydrogen (secondary N) is 1. The Balaban J connectivity index is 1.63. The molecule has 3 aromatic rings. The molecule has 25 heavy (non-hydrogen) atoms. The minimum Gasteiger partial charge on any atom is -0.396 e. The Labute approximate surface area is 148 Å². The molecule has 0 bridgehead atoms. The number of hydrogen-bond acceptors (Lipinski definition) is 3. The molecule has 1 fully saturated rings. The largest absolute Gasteiger partial charge is 0.396 e. The number of ether oxygens (including phenoxy) is 1. The van der Waals surface area contributed by atoms with Crippen molar-refractivity contribution < 1.29 is 9.84 Å². The van der Waals surface area contributed by atoms with Crippen LogP contribution in [0.2, 0.25) is 0 Å². The van der Waals surface area contributed by atoms with Gasteiger partial charge >= 0.3 is 0 Å². The summed E-state index contributed by atoms with van der Waals surface area (Å²) in [6.07, 6.45) is 1.83. The Kier molecular flexibility index (Phi) is 4.71. The maximum absolute atomic E-state index is 9.41. The predicted molar refractivity (Wildman–Crippen MR) is 103 cm³/mol. The molecule has 3 nitrogen and oxygen atoms in total. The van der Waals surface area contributed by atoms with Gasteiger partial charge in [-0.2, -0.15) is 0 Å². The van der Waals surface area contributed by atoms with Crippen LogP contribution in [0.5, 0.6) is 0 Å². The molecule has 2 N–H and O–H groups in total. The number of aliphatic hydroxyl groups is 1. The Morgan fingerprint density at radius 2 is 1.68 bits per heavy atom. The summed E-state index contributed by atoms with van der Waals surface area (Å²) in [7, 11) is 0. The molecule has 1 heterocycles. The lowest BCUT2D eigenvalue weighted by atomic mass is 9.84. The average Bonchev–Trinajstić information content (AvgIpc) is 3.10. The highest BCUT2D eigenvalue weighted by Crippen LogP contribution is 2.32. The van der Waals surface area contributed by atoms with E-state index in [2.05, 4.69) is 59.9 Å². The van der Waals surface area contributed by atoms with Crippen LogP contribution in [0.4, 0.5) is 0 Å². The molecule has 0 amide bonds. The fourth-order valence-electron chi connectivity index (χ4n) is 4.06. The smallest absolute Gasteiger partial charge is 0.0536 e. The summed E-state index contributed by atoms with van der Waals surface area (Å²) in [4.78, 5) is 0. The zero-order chi connectivity index (χ0) is 17.1. The van der Waals surface area contributed by atoms with Crippen LogP contribution >= 0.6 is 0 Å². The van der Waals surface area contributed by atoms with Crippen LogP contribution in [0.25, 0.3) is 21.5 Å². The molecule has 0 radical (unpaired) electrons. The summed E-state index contributed by atoms with van der Waals surface area (Å²) in [6, 6.07) is 19.5. The molecule has 1 unspecified atom stereocenters. The van der Waals surface area contributed by atoms with Crippen molar-refractivity contribution in [2.75, 3.05) is 26.4 Å². The standard InChI is InChI=1S/C22H25NO2/c24-11-9-22(10-12-25-16-22)15-23-14-21-19-7-3-1-5-17(19)13-18-6-2-4-8-20(18)21/h1-8,13,23-24H,9-12,14-16H2. The molecule has 130 valence electrons. The van der Waals surface area contributed by atoms with Crippen LogP contribution in [0.15, 0.2) is 54.6 Å². The van der Waals surface area contributed by atoms with E-state index in [4.69, 9.17) is 4.74 Å². The minimum absolute atomic E-state index is 0.0785. The summed E-state index contributed by atoms with van der Waals surface area (Å²) in [5, 5.41) is 18.3. The van der Waals surface area contributed by atoms with Gasteiger partial charge in [-0.3, -0.25) is 0 Å². The number of hydrogen-bond donors (Lipinski definition) is 2. The zero-order valence-electron chi connectivity index (χ0n) is 14.5. The normalized spacial score (nSPS) is 20.5. The van der Waals surface area contributed by atoms with Gasteiger partial charge in [0.1, 0.15) is 0 Å². The lowest BCUT2D eigenvalue weighted by molar-refractivity contribution is 0.124. The summed E-state index contributed by atoms with van der Waals surface area (Å²) >= 11 is 0. The van der Waals surface area contributed by atoms with Crippen molar-refractivity contribution in [2.24, 2.45) is 5.41 Å². The van der Waals surface area contributed by atoms with E-state index < -0.39 is 0 Å². The van der Waals surface area contributed by atoms with Crippen molar-refractivity contribution in [1.82, 2.24) is 5.32 Å². The number of aliphatic hydroxyl groups excluding tert-OH is 1. The first-order chi connectivity index (χ1) is 12.3. The molecule has 3 heteroatoms. The quantitative estimate of drug-likeness (QED) is 0.672. The van der Waals surface area contributed by atoms with Crippen LogP contribution in [0.1, 0.15) is 18.4 Å². The van der Waals surface area contributed by atoms with Crippen LogP contribution in [-0.4, -0.2) is 31.5 Å². The highest BCUT2D eigenvalue weighted by Gasteiger charge is 2.33. The maximum Gasteiger partial charge on any atom is 0.0536 e. The summed E-state index contributed by atoms with van der Waals surface area (Å²) in [5.74, 6) is 0. The Hall–Kier alpha value is -1.94. The van der Waals surface area contributed by atoms with Crippen LogP contribution < -0.4 is 5.32 Å². The van der Waals surface area contributed by atoms with Gasteiger partial charge in [0.15, 0.2) is 0 Å². The topological polar surface area (TPSA) is 41.5 Å². The second-order valence-electron chi connectivity index (χ2n) is 7.18. The molecule has 1 atom stereocenters.